The van der Waals surface area contributed by atoms with Crippen molar-refractivity contribution in [3.05, 3.63) is 89.0 Å². The minimum absolute atomic E-state index is 0.0246. The van der Waals surface area contributed by atoms with Crippen LogP contribution in [0.2, 0.25) is 0 Å². The Kier molecular flexibility index (Phi) is 5.56. The van der Waals surface area contributed by atoms with Crippen LogP contribution in [-0.4, -0.2) is 30.4 Å². The Labute approximate surface area is 195 Å². The van der Waals surface area contributed by atoms with Gasteiger partial charge in [-0.25, -0.2) is 0 Å². The van der Waals surface area contributed by atoms with Gasteiger partial charge in [0.15, 0.2) is 11.6 Å². The molecular formula is C24H19N3O6S. The highest BCUT2D eigenvalue weighted by molar-refractivity contribution is 7.86. The summed E-state index contributed by atoms with van der Waals surface area (Å²) in [6, 6.07) is 13.5. The van der Waals surface area contributed by atoms with Crippen molar-refractivity contribution in [2.24, 2.45) is 0 Å². The predicted octanol–water partition coefficient (Wildman–Crippen LogP) is 3.55. The van der Waals surface area contributed by atoms with Crippen LogP contribution in [0.1, 0.15) is 38.8 Å². The SMILES string of the molecule is C=C(C)C(=O)Nc1ccc(Nc2cc(S(=O)(=O)O)c(N)c3c2C(=O)c2ccccc2C3=O)cc1. The molecule has 10 heteroatoms. The highest BCUT2D eigenvalue weighted by atomic mass is 32.2. The second-order valence-electron chi connectivity index (χ2n) is 7.70. The van der Waals surface area contributed by atoms with Gasteiger partial charge in [0.1, 0.15) is 4.90 Å². The van der Waals surface area contributed by atoms with Gasteiger partial charge in [-0.15, -0.1) is 0 Å². The van der Waals surface area contributed by atoms with Gasteiger partial charge in [-0.2, -0.15) is 8.42 Å². The molecule has 4 rings (SSSR count). The Morgan fingerprint density at radius 3 is 2.00 bits per heavy atom. The number of carbonyl (C=O) groups is 3. The molecule has 0 atom stereocenters. The number of fused-ring (bicyclic) bond motifs is 2. The average Bonchev–Trinajstić information content (AvgIpc) is 2.78. The van der Waals surface area contributed by atoms with E-state index in [-0.39, 0.29) is 33.8 Å². The second-order valence-corrected chi connectivity index (χ2v) is 9.09. The number of hydrogen-bond acceptors (Lipinski definition) is 7. The summed E-state index contributed by atoms with van der Waals surface area (Å²) >= 11 is 0. The standard InChI is InChI=1S/C24H19N3O6S/c1-12(2)24(30)27-14-9-7-13(8-10-14)26-17-11-18(34(31,32)33)21(25)20-19(17)22(28)15-5-3-4-6-16(15)23(20)29/h3-11,26H,1,25H2,2H3,(H,27,30)(H,31,32,33). The Balaban J connectivity index is 1.84. The van der Waals surface area contributed by atoms with E-state index < -0.39 is 32.3 Å². The molecule has 0 saturated heterocycles. The molecule has 1 aliphatic rings. The van der Waals surface area contributed by atoms with Crippen LogP contribution in [-0.2, 0) is 14.9 Å². The molecule has 5 N–H and O–H groups in total. The predicted molar refractivity (Wildman–Crippen MR) is 127 cm³/mol. The Morgan fingerprint density at radius 1 is 0.941 bits per heavy atom. The quantitative estimate of drug-likeness (QED) is 0.193. The van der Waals surface area contributed by atoms with Gasteiger partial charge in [0.05, 0.1) is 22.5 Å². The molecular weight excluding hydrogens is 458 g/mol. The van der Waals surface area contributed by atoms with E-state index in [9.17, 15) is 27.4 Å². The first-order valence-corrected chi connectivity index (χ1v) is 11.4. The van der Waals surface area contributed by atoms with Crippen LogP contribution < -0.4 is 16.4 Å². The number of anilines is 4. The van der Waals surface area contributed by atoms with E-state index in [1.165, 1.54) is 12.1 Å². The number of ketones is 2. The van der Waals surface area contributed by atoms with Crippen molar-refractivity contribution in [3.63, 3.8) is 0 Å². The average molecular weight is 477 g/mol. The third-order valence-electron chi connectivity index (χ3n) is 5.29. The smallest absolute Gasteiger partial charge is 0.296 e. The first kappa shape index (κ1) is 22.9. The van der Waals surface area contributed by atoms with Crippen molar-refractivity contribution in [2.75, 3.05) is 16.4 Å². The van der Waals surface area contributed by atoms with Crippen LogP contribution in [0.5, 0.6) is 0 Å². The van der Waals surface area contributed by atoms with Gasteiger partial charge >= 0.3 is 0 Å². The number of rotatable bonds is 5. The number of nitrogens with one attached hydrogen (secondary N) is 2. The lowest BCUT2D eigenvalue weighted by Crippen LogP contribution is -2.25. The molecule has 0 aliphatic heterocycles. The molecule has 0 unspecified atom stereocenters. The normalized spacial score (nSPS) is 12.5. The molecule has 3 aromatic carbocycles. The summed E-state index contributed by atoms with van der Waals surface area (Å²) in [4.78, 5) is 37.6. The zero-order valence-corrected chi connectivity index (χ0v) is 18.7. The van der Waals surface area contributed by atoms with Crippen LogP contribution in [0.25, 0.3) is 0 Å². The van der Waals surface area contributed by atoms with Gasteiger partial charge in [-0.05, 0) is 37.3 Å². The topological polar surface area (TPSA) is 156 Å². The number of carbonyl (C=O) groups excluding carboxylic acids is 3. The van der Waals surface area contributed by atoms with Crippen molar-refractivity contribution >= 4 is 50.3 Å². The first-order chi connectivity index (χ1) is 16.0. The second kappa shape index (κ2) is 8.25. The van der Waals surface area contributed by atoms with E-state index in [0.717, 1.165) is 6.07 Å². The van der Waals surface area contributed by atoms with E-state index in [0.29, 0.717) is 16.9 Å². The summed E-state index contributed by atoms with van der Waals surface area (Å²) in [5.74, 6) is -1.50. The summed E-state index contributed by atoms with van der Waals surface area (Å²) in [5, 5.41) is 5.57. The molecule has 172 valence electrons. The molecule has 0 radical (unpaired) electrons. The van der Waals surface area contributed by atoms with Crippen molar-refractivity contribution < 1.29 is 27.4 Å². The summed E-state index contributed by atoms with van der Waals surface area (Å²) in [6.07, 6.45) is 0. The molecule has 9 nitrogen and oxygen atoms in total. The Hall–Kier alpha value is -4.28. The van der Waals surface area contributed by atoms with Crippen molar-refractivity contribution in [1.82, 2.24) is 0 Å². The van der Waals surface area contributed by atoms with E-state index in [1.807, 2.05) is 0 Å². The molecule has 0 spiro atoms. The van der Waals surface area contributed by atoms with Crippen LogP contribution >= 0.6 is 0 Å². The molecule has 1 amide bonds. The van der Waals surface area contributed by atoms with Gasteiger partial charge in [0.25, 0.3) is 16.0 Å². The first-order valence-electron chi connectivity index (χ1n) is 9.95. The largest absolute Gasteiger partial charge is 0.397 e. The maximum atomic E-state index is 13.3. The highest BCUT2D eigenvalue weighted by Gasteiger charge is 2.36. The molecule has 34 heavy (non-hydrogen) atoms. The van der Waals surface area contributed by atoms with Gasteiger partial charge in [0.2, 0.25) is 0 Å². The Bertz CT molecular complexity index is 1510. The van der Waals surface area contributed by atoms with Crippen molar-refractivity contribution in [2.45, 2.75) is 11.8 Å². The Morgan fingerprint density at radius 2 is 1.47 bits per heavy atom. The minimum Gasteiger partial charge on any atom is -0.397 e. The monoisotopic (exact) mass is 477 g/mol. The maximum absolute atomic E-state index is 13.3. The van der Waals surface area contributed by atoms with Crippen LogP contribution in [0.4, 0.5) is 22.7 Å². The number of hydrogen-bond donors (Lipinski definition) is 4. The fraction of sp³-hybridized carbons (Fsp3) is 0.0417. The van der Waals surface area contributed by atoms with E-state index in [4.69, 9.17) is 5.73 Å². The lowest BCUT2D eigenvalue weighted by atomic mass is 9.82. The van der Waals surface area contributed by atoms with E-state index >= 15 is 0 Å². The van der Waals surface area contributed by atoms with Gasteiger partial charge in [-0.1, -0.05) is 30.8 Å². The fourth-order valence-electron chi connectivity index (χ4n) is 3.64. The zero-order chi connectivity index (χ0) is 24.8. The molecule has 1 aliphatic carbocycles. The fourth-order valence-corrected chi connectivity index (χ4v) is 4.28. The zero-order valence-electron chi connectivity index (χ0n) is 17.9. The maximum Gasteiger partial charge on any atom is 0.296 e. The molecule has 3 aromatic rings. The summed E-state index contributed by atoms with van der Waals surface area (Å²) in [6.45, 7) is 5.13. The number of nitrogen functional groups attached to an aromatic ring is 1. The van der Waals surface area contributed by atoms with Gasteiger partial charge in [-0.3, -0.25) is 18.9 Å². The number of amides is 1. The molecule has 0 aromatic heterocycles. The summed E-state index contributed by atoms with van der Waals surface area (Å²) < 4.78 is 33.7. The van der Waals surface area contributed by atoms with Crippen molar-refractivity contribution in [1.29, 1.82) is 0 Å². The number of benzene rings is 3. The lowest BCUT2D eigenvalue weighted by Gasteiger charge is -2.23. The minimum atomic E-state index is -4.81. The number of nitrogens with two attached hydrogens (primary N) is 1. The van der Waals surface area contributed by atoms with Crippen LogP contribution in [0.3, 0.4) is 0 Å². The molecule has 0 heterocycles. The van der Waals surface area contributed by atoms with Crippen LogP contribution in [0, 0.1) is 0 Å². The molecule has 0 fully saturated rings. The van der Waals surface area contributed by atoms with E-state index in [1.54, 1.807) is 43.3 Å². The lowest BCUT2D eigenvalue weighted by molar-refractivity contribution is -0.112. The van der Waals surface area contributed by atoms with E-state index in [2.05, 4.69) is 17.2 Å². The molecule has 0 bridgehead atoms. The highest BCUT2D eigenvalue weighted by Crippen LogP contribution is 2.40. The van der Waals surface area contributed by atoms with Gasteiger partial charge < -0.3 is 16.4 Å². The molecule has 0 saturated carbocycles. The van der Waals surface area contributed by atoms with Gasteiger partial charge in [0, 0.05) is 28.1 Å². The third kappa shape index (κ3) is 3.96. The summed E-state index contributed by atoms with van der Waals surface area (Å²) in [7, 11) is -4.81. The third-order valence-corrected chi connectivity index (χ3v) is 6.18. The summed E-state index contributed by atoms with van der Waals surface area (Å²) in [5.41, 5.74) is 6.50. The van der Waals surface area contributed by atoms with Crippen LogP contribution in [0.15, 0.2) is 71.6 Å². The van der Waals surface area contributed by atoms with Crippen molar-refractivity contribution in [3.8, 4) is 0 Å².